The molecule has 0 radical (unpaired) electrons. The number of likely N-dealkylation sites (tertiary alicyclic amines) is 1. The Hall–Kier alpha value is -0.0800. The molecule has 0 aliphatic carbocycles. The SMILES string of the molecule is CCN1CC[C@@H]2NCC[C@@H]2C1. The van der Waals surface area contributed by atoms with Gasteiger partial charge in [-0.3, -0.25) is 0 Å². The zero-order valence-corrected chi connectivity index (χ0v) is 7.34. The van der Waals surface area contributed by atoms with Crippen molar-refractivity contribution in [2.24, 2.45) is 5.92 Å². The van der Waals surface area contributed by atoms with Gasteiger partial charge in [-0.2, -0.15) is 0 Å². The summed E-state index contributed by atoms with van der Waals surface area (Å²) < 4.78 is 0. The molecule has 0 spiro atoms. The van der Waals surface area contributed by atoms with Crippen LogP contribution in [-0.2, 0) is 0 Å². The second-order valence-corrected chi connectivity index (χ2v) is 3.79. The average Bonchev–Trinajstić information content (AvgIpc) is 2.50. The standard InChI is InChI=1S/C9H18N2/c1-2-11-6-4-9-8(7-11)3-5-10-9/h8-10H,2-7H2,1H3/t8-,9+/m1/s1. The first-order valence-corrected chi connectivity index (χ1v) is 4.86. The van der Waals surface area contributed by atoms with Gasteiger partial charge >= 0.3 is 0 Å². The van der Waals surface area contributed by atoms with Crippen LogP contribution in [0.2, 0.25) is 0 Å². The molecule has 2 heteroatoms. The smallest absolute Gasteiger partial charge is 0.0120 e. The van der Waals surface area contributed by atoms with E-state index >= 15 is 0 Å². The summed E-state index contributed by atoms with van der Waals surface area (Å²) in [6.07, 6.45) is 2.78. The van der Waals surface area contributed by atoms with E-state index < -0.39 is 0 Å². The van der Waals surface area contributed by atoms with Gasteiger partial charge in [-0.05, 0) is 38.4 Å². The van der Waals surface area contributed by atoms with Gasteiger partial charge < -0.3 is 10.2 Å². The van der Waals surface area contributed by atoms with Crippen molar-refractivity contribution in [2.45, 2.75) is 25.8 Å². The number of fused-ring (bicyclic) bond motifs is 1. The van der Waals surface area contributed by atoms with Crippen LogP contribution in [0.4, 0.5) is 0 Å². The number of hydrogen-bond acceptors (Lipinski definition) is 2. The maximum absolute atomic E-state index is 3.58. The molecular formula is C9H18N2. The Kier molecular flexibility index (Phi) is 2.14. The monoisotopic (exact) mass is 154 g/mol. The Morgan fingerprint density at radius 3 is 3.18 bits per heavy atom. The highest BCUT2D eigenvalue weighted by Gasteiger charge is 2.31. The molecule has 2 fully saturated rings. The van der Waals surface area contributed by atoms with Crippen LogP contribution in [0.1, 0.15) is 19.8 Å². The van der Waals surface area contributed by atoms with Gasteiger partial charge in [-0.25, -0.2) is 0 Å². The van der Waals surface area contributed by atoms with Crippen molar-refractivity contribution >= 4 is 0 Å². The van der Waals surface area contributed by atoms with E-state index in [1.807, 2.05) is 0 Å². The third kappa shape index (κ3) is 1.42. The lowest BCUT2D eigenvalue weighted by Crippen LogP contribution is -2.44. The summed E-state index contributed by atoms with van der Waals surface area (Å²) >= 11 is 0. The van der Waals surface area contributed by atoms with Gasteiger partial charge in [0.1, 0.15) is 0 Å². The maximum atomic E-state index is 3.58. The molecule has 0 amide bonds. The van der Waals surface area contributed by atoms with Crippen LogP contribution in [0.3, 0.4) is 0 Å². The Bertz CT molecular complexity index is 136. The van der Waals surface area contributed by atoms with E-state index in [2.05, 4.69) is 17.1 Å². The normalized spacial score (nSPS) is 39.0. The molecule has 0 unspecified atom stereocenters. The lowest BCUT2D eigenvalue weighted by atomic mass is 9.93. The van der Waals surface area contributed by atoms with E-state index in [4.69, 9.17) is 0 Å². The van der Waals surface area contributed by atoms with E-state index in [1.54, 1.807) is 0 Å². The first-order valence-electron chi connectivity index (χ1n) is 4.86. The number of piperidine rings is 1. The molecule has 0 aromatic carbocycles. The summed E-state index contributed by atoms with van der Waals surface area (Å²) in [5.74, 6) is 0.962. The van der Waals surface area contributed by atoms with Crippen molar-refractivity contribution in [3.8, 4) is 0 Å². The molecule has 0 aromatic rings. The van der Waals surface area contributed by atoms with Gasteiger partial charge in [0.2, 0.25) is 0 Å². The van der Waals surface area contributed by atoms with E-state index in [9.17, 15) is 0 Å². The topological polar surface area (TPSA) is 15.3 Å². The molecule has 0 aromatic heterocycles. The van der Waals surface area contributed by atoms with Crippen LogP contribution in [0.25, 0.3) is 0 Å². The molecular weight excluding hydrogens is 136 g/mol. The minimum atomic E-state index is 0.859. The second kappa shape index (κ2) is 3.11. The van der Waals surface area contributed by atoms with Crippen molar-refractivity contribution in [1.29, 1.82) is 0 Å². The highest BCUT2D eigenvalue weighted by atomic mass is 15.2. The van der Waals surface area contributed by atoms with E-state index in [1.165, 1.54) is 39.0 Å². The summed E-state index contributed by atoms with van der Waals surface area (Å²) in [6.45, 7) is 7.41. The zero-order valence-electron chi connectivity index (χ0n) is 7.34. The molecule has 2 saturated heterocycles. The first-order chi connectivity index (χ1) is 5.40. The fourth-order valence-electron chi connectivity index (χ4n) is 2.41. The molecule has 1 N–H and O–H groups in total. The molecule has 11 heavy (non-hydrogen) atoms. The molecule has 0 saturated carbocycles. The van der Waals surface area contributed by atoms with E-state index in [-0.39, 0.29) is 0 Å². The second-order valence-electron chi connectivity index (χ2n) is 3.79. The summed E-state index contributed by atoms with van der Waals surface area (Å²) in [6, 6.07) is 0.859. The third-order valence-corrected chi connectivity index (χ3v) is 3.19. The van der Waals surface area contributed by atoms with Gasteiger partial charge in [0.15, 0.2) is 0 Å². The van der Waals surface area contributed by atoms with Gasteiger partial charge in [-0.15, -0.1) is 0 Å². The van der Waals surface area contributed by atoms with Crippen LogP contribution in [0.15, 0.2) is 0 Å². The van der Waals surface area contributed by atoms with Crippen LogP contribution in [0, 0.1) is 5.92 Å². The highest BCUT2D eigenvalue weighted by molar-refractivity contribution is 4.89. The van der Waals surface area contributed by atoms with Crippen molar-refractivity contribution in [1.82, 2.24) is 10.2 Å². The largest absolute Gasteiger partial charge is 0.314 e. The Morgan fingerprint density at radius 1 is 1.45 bits per heavy atom. The molecule has 0 bridgehead atoms. The van der Waals surface area contributed by atoms with Crippen molar-refractivity contribution in [3.05, 3.63) is 0 Å². The maximum Gasteiger partial charge on any atom is 0.0120 e. The van der Waals surface area contributed by atoms with Gasteiger partial charge in [-0.1, -0.05) is 6.92 Å². The Morgan fingerprint density at radius 2 is 2.36 bits per heavy atom. The van der Waals surface area contributed by atoms with Gasteiger partial charge in [0.25, 0.3) is 0 Å². The van der Waals surface area contributed by atoms with Crippen LogP contribution in [0.5, 0.6) is 0 Å². The molecule has 2 aliphatic heterocycles. The van der Waals surface area contributed by atoms with Crippen LogP contribution in [-0.4, -0.2) is 37.1 Å². The summed E-state index contributed by atoms with van der Waals surface area (Å²) in [5.41, 5.74) is 0. The fraction of sp³-hybridized carbons (Fsp3) is 1.00. The number of nitrogens with one attached hydrogen (secondary N) is 1. The van der Waals surface area contributed by atoms with Crippen molar-refractivity contribution < 1.29 is 0 Å². The Balaban J connectivity index is 1.91. The quantitative estimate of drug-likeness (QED) is 0.598. The van der Waals surface area contributed by atoms with Gasteiger partial charge in [0.05, 0.1) is 0 Å². The lowest BCUT2D eigenvalue weighted by molar-refractivity contribution is 0.170. The molecule has 2 aliphatic rings. The first kappa shape index (κ1) is 7.56. The Labute approximate surface area is 69.0 Å². The zero-order chi connectivity index (χ0) is 7.68. The predicted octanol–water partition coefficient (Wildman–Crippen LogP) is 0.690. The number of nitrogens with zero attached hydrogens (tertiary/aromatic N) is 1. The summed E-state index contributed by atoms with van der Waals surface area (Å²) in [5, 5.41) is 3.58. The van der Waals surface area contributed by atoms with Crippen molar-refractivity contribution in [2.75, 3.05) is 26.2 Å². The van der Waals surface area contributed by atoms with Crippen LogP contribution < -0.4 is 5.32 Å². The van der Waals surface area contributed by atoms with Gasteiger partial charge in [0, 0.05) is 12.6 Å². The summed E-state index contributed by atoms with van der Waals surface area (Å²) in [4.78, 5) is 2.58. The predicted molar refractivity (Wildman–Crippen MR) is 46.6 cm³/mol. The number of rotatable bonds is 1. The third-order valence-electron chi connectivity index (χ3n) is 3.19. The van der Waals surface area contributed by atoms with E-state index in [0.29, 0.717) is 0 Å². The minimum absolute atomic E-state index is 0.859. The lowest BCUT2D eigenvalue weighted by Gasteiger charge is -2.33. The van der Waals surface area contributed by atoms with Crippen LogP contribution >= 0.6 is 0 Å². The highest BCUT2D eigenvalue weighted by Crippen LogP contribution is 2.23. The number of hydrogen-bond donors (Lipinski definition) is 1. The molecule has 2 rings (SSSR count). The minimum Gasteiger partial charge on any atom is -0.314 e. The molecule has 2 atom stereocenters. The molecule has 2 nitrogen and oxygen atoms in total. The van der Waals surface area contributed by atoms with E-state index in [0.717, 1.165) is 12.0 Å². The summed E-state index contributed by atoms with van der Waals surface area (Å²) in [7, 11) is 0. The fourth-order valence-corrected chi connectivity index (χ4v) is 2.41. The molecule has 2 heterocycles. The average molecular weight is 154 g/mol. The van der Waals surface area contributed by atoms with Crippen molar-refractivity contribution in [3.63, 3.8) is 0 Å². The molecule has 64 valence electrons.